The molecule has 1 nitrogen and oxygen atoms in total. The maximum absolute atomic E-state index is 12.6. The van der Waals surface area contributed by atoms with Crippen molar-refractivity contribution >= 4 is 0 Å². The molecule has 1 N–H and O–H groups in total. The van der Waals surface area contributed by atoms with E-state index in [1.165, 1.54) is 0 Å². The van der Waals surface area contributed by atoms with Crippen LogP contribution in [-0.4, -0.2) is 10.7 Å². The van der Waals surface area contributed by atoms with E-state index in [1.807, 2.05) is 0 Å². The van der Waals surface area contributed by atoms with E-state index in [0.29, 0.717) is 25.0 Å². The fraction of sp³-hybridized carbons (Fsp3) is 0.429. The number of rotatable bonds is 0. The number of alkyl halides is 6. The molecule has 0 heterocycles. The minimum Gasteiger partial charge on any atom is -0.378 e. The number of hydrogen-bond donors (Lipinski definition) is 1. The third-order valence-corrected chi connectivity index (χ3v) is 3.21. The van der Waals surface area contributed by atoms with Gasteiger partial charge in [0, 0.05) is 5.56 Å². The van der Waals surface area contributed by atoms with E-state index in [-0.39, 0.29) is 6.07 Å². The molecule has 0 unspecified atom stereocenters. The lowest BCUT2D eigenvalue weighted by molar-refractivity contribution is -0.143. The second-order valence-corrected chi connectivity index (χ2v) is 4.93. The molecule has 0 saturated heterocycles. The number of aliphatic hydroxyl groups is 1. The van der Waals surface area contributed by atoms with Crippen LogP contribution < -0.4 is 0 Å². The summed E-state index contributed by atoms with van der Waals surface area (Å²) >= 11 is 0. The summed E-state index contributed by atoms with van der Waals surface area (Å²) < 4.78 is 75.7. The Kier molecular flexibility index (Phi) is 3.70. The average molecular weight is 308 g/mol. The van der Waals surface area contributed by atoms with Gasteiger partial charge in [0.15, 0.2) is 0 Å². The van der Waals surface area contributed by atoms with Crippen LogP contribution in [0.3, 0.4) is 0 Å². The molecule has 1 aliphatic rings. The van der Waals surface area contributed by atoms with Crippen molar-refractivity contribution in [3.05, 3.63) is 34.9 Å². The van der Waals surface area contributed by atoms with E-state index in [9.17, 15) is 31.4 Å². The fourth-order valence-corrected chi connectivity index (χ4v) is 1.85. The van der Waals surface area contributed by atoms with Crippen molar-refractivity contribution < 1.29 is 31.4 Å². The zero-order chi connectivity index (χ0) is 15.9. The van der Waals surface area contributed by atoms with Crippen LogP contribution in [0.5, 0.6) is 0 Å². The first-order valence-corrected chi connectivity index (χ1v) is 6.05. The van der Waals surface area contributed by atoms with Crippen molar-refractivity contribution in [1.82, 2.24) is 0 Å². The predicted octanol–water partition coefficient (Wildman–Crippen LogP) is 3.99. The molecule has 21 heavy (non-hydrogen) atoms. The van der Waals surface area contributed by atoms with Crippen LogP contribution in [0.2, 0.25) is 0 Å². The van der Waals surface area contributed by atoms with Gasteiger partial charge in [0.2, 0.25) is 0 Å². The van der Waals surface area contributed by atoms with Gasteiger partial charge in [-0.05, 0) is 37.5 Å². The molecule has 1 fully saturated rings. The van der Waals surface area contributed by atoms with Crippen molar-refractivity contribution in [1.29, 1.82) is 0 Å². The van der Waals surface area contributed by atoms with E-state index in [4.69, 9.17) is 0 Å². The molecule has 0 aliphatic heterocycles. The van der Waals surface area contributed by atoms with E-state index in [1.54, 1.807) is 0 Å². The number of hydrogen-bond acceptors (Lipinski definition) is 1. The van der Waals surface area contributed by atoms with Gasteiger partial charge in [0.25, 0.3) is 0 Å². The first-order valence-electron chi connectivity index (χ1n) is 6.05. The second kappa shape index (κ2) is 4.95. The lowest BCUT2D eigenvalue weighted by atomic mass is 9.81. The summed E-state index contributed by atoms with van der Waals surface area (Å²) in [6.07, 6.45) is -8.34. The van der Waals surface area contributed by atoms with Gasteiger partial charge < -0.3 is 5.11 Å². The normalized spacial score (nSPS) is 17.7. The zero-order valence-corrected chi connectivity index (χ0v) is 10.6. The Bertz CT molecular complexity index is 566. The van der Waals surface area contributed by atoms with E-state index in [2.05, 4.69) is 11.8 Å². The molecule has 0 bridgehead atoms. The highest BCUT2D eigenvalue weighted by molar-refractivity contribution is 5.44. The molecule has 2 rings (SSSR count). The van der Waals surface area contributed by atoms with Crippen molar-refractivity contribution in [3.8, 4) is 11.8 Å². The van der Waals surface area contributed by atoms with Crippen LogP contribution in [0.15, 0.2) is 18.2 Å². The minimum absolute atomic E-state index is 0.0449. The Morgan fingerprint density at radius 2 is 1.38 bits per heavy atom. The lowest BCUT2D eigenvalue weighted by Gasteiger charge is -2.30. The van der Waals surface area contributed by atoms with Gasteiger partial charge in [-0.25, -0.2) is 0 Å². The number of benzene rings is 1. The van der Waals surface area contributed by atoms with Gasteiger partial charge in [-0.2, -0.15) is 26.3 Å². The molecule has 1 saturated carbocycles. The predicted molar refractivity (Wildman–Crippen MR) is 62.1 cm³/mol. The summed E-state index contributed by atoms with van der Waals surface area (Å²) in [5, 5.41) is 9.71. The van der Waals surface area contributed by atoms with Gasteiger partial charge >= 0.3 is 12.4 Å². The monoisotopic (exact) mass is 308 g/mol. The van der Waals surface area contributed by atoms with Crippen LogP contribution in [0.1, 0.15) is 36.0 Å². The van der Waals surface area contributed by atoms with E-state index < -0.39 is 34.6 Å². The summed E-state index contributed by atoms with van der Waals surface area (Å²) in [7, 11) is 0. The summed E-state index contributed by atoms with van der Waals surface area (Å²) in [4.78, 5) is 0. The Morgan fingerprint density at radius 1 is 0.905 bits per heavy atom. The van der Waals surface area contributed by atoms with Crippen molar-refractivity contribution in [3.63, 3.8) is 0 Å². The highest BCUT2D eigenvalue weighted by atomic mass is 19.4. The first-order chi connectivity index (χ1) is 9.50. The molecule has 0 aromatic heterocycles. The standard InChI is InChI=1S/C14H10F6O/c15-13(16,17)10-6-9(2-5-12(21)3-1-4-12)7-11(8-10)14(18,19)20/h6-8,21H,1,3-4H2. The Hall–Kier alpha value is -1.68. The number of halogens is 6. The Morgan fingerprint density at radius 3 is 1.71 bits per heavy atom. The maximum Gasteiger partial charge on any atom is 0.416 e. The molecule has 1 aliphatic carbocycles. The van der Waals surface area contributed by atoms with Crippen LogP contribution in [0.4, 0.5) is 26.3 Å². The molecule has 0 amide bonds. The molecule has 0 radical (unpaired) electrons. The quantitative estimate of drug-likeness (QED) is 0.567. The fourth-order valence-electron chi connectivity index (χ4n) is 1.85. The van der Waals surface area contributed by atoms with Crippen LogP contribution in [-0.2, 0) is 12.4 Å². The molecule has 0 spiro atoms. The maximum atomic E-state index is 12.6. The zero-order valence-electron chi connectivity index (χ0n) is 10.6. The molecule has 1 aromatic carbocycles. The van der Waals surface area contributed by atoms with Crippen LogP contribution >= 0.6 is 0 Å². The summed E-state index contributed by atoms with van der Waals surface area (Å²) in [5.41, 5.74) is -4.55. The summed E-state index contributed by atoms with van der Waals surface area (Å²) in [6.45, 7) is 0. The summed E-state index contributed by atoms with van der Waals surface area (Å²) in [6, 6.07) is 1.14. The van der Waals surface area contributed by atoms with Crippen molar-refractivity contribution in [2.75, 3.05) is 0 Å². The van der Waals surface area contributed by atoms with Gasteiger partial charge in [0.05, 0.1) is 11.1 Å². The third-order valence-electron chi connectivity index (χ3n) is 3.21. The SMILES string of the molecule is OC1(C#Cc2cc(C(F)(F)F)cc(C(F)(F)F)c2)CCC1. The lowest BCUT2D eigenvalue weighted by Crippen LogP contribution is -2.34. The molecule has 0 atom stereocenters. The van der Waals surface area contributed by atoms with E-state index in [0.717, 1.165) is 6.42 Å². The van der Waals surface area contributed by atoms with Gasteiger partial charge in [-0.15, -0.1) is 0 Å². The van der Waals surface area contributed by atoms with Gasteiger partial charge in [0.1, 0.15) is 5.60 Å². The topological polar surface area (TPSA) is 20.2 Å². The first kappa shape index (κ1) is 15.7. The summed E-state index contributed by atoms with van der Waals surface area (Å²) in [5.74, 6) is 4.55. The third kappa shape index (κ3) is 3.70. The second-order valence-electron chi connectivity index (χ2n) is 4.93. The van der Waals surface area contributed by atoms with E-state index >= 15 is 0 Å². The van der Waals surface area contributed by atoms with Crippen LogP contribution in [0.25, 0.3) is 0 Å². The average Bonchev–Trinajstić information content (AvgIpc) is 2.31. The molecule has 7 heteroatoms. The van der Waals surface area contributed by atoms with Gasteiger partial charge in [-0.1, -0.05) is 11.8 Å². The van der Waals surface area contributed by atoms with Crippen molar-refractivity contribution in [2.45, 2.75) is 37.2 Å². The van der Waals surface area contributed by atoms with Gasteiger partial charge in [-0.3, -0.25) is 0 Å². The molecule has 1 aromatic rings. The highest BCUT2D eigenvalue weighted by Gasteiger charge is 2.37. The molecule has 114 valence electrons. The molecular weight excluding hydrogens is 298 g/mol. The largest absolute Gasteiger partial charge is 0.416 e. The molecular formula is C14H10F6O. The highest BCUT2D eigenvalue weighted by Crippen LogP contribution is 2.36. The van der Waals surface area contributed by atoms with Crippen molar-refractivity contribution in [2.24, 2.45) is 0 Å². The smallest absolute Gasteiger partial charge is 0.378 e. The Balaban J connectivity index is 2.45. The Labute approximate surface area is 116 Å². The van der Waals surface area contributed by atoms with Crippen LogP contribution in [0, 0.1) is 11.8 Å². The minimum atomic E-state index is -4.90.